The number of carbonyl (C=O) groups is 2. The summed E-state index contributed by atoms with van der Waals surface area (Å²) in [5.41, 5.74) is -1.58. The fourth-order valence-corrected chi connectivity index (χ4v) is 3.68. The molecule has 0 amide bonds. The molecular formula is C22H20ClF3N2O8S. The predicted molar refractivity (Wildman–Crippen MR) is 128 cm³/mol. The molecule has 0 aliphatic carbocycles. The lowest BCUT2D eigenvalue weighted by Crippen LogP contribution is -2.19. The first kappa shape index (κ1) is 29.9. The summed E-state index contributed by atoms with van der Waals surface area (Å²) < 4.78 is 53.8. The minimum Gasteiger partial charge on any atom is -0.468 e. The quantitative estimate of drug-likeness (QED) is 0.156. The SMILES string of the molecule is COCC(=NOCC(=O)SC(C)C(=O)OC)c1cc(Oc2ccc(C(F)(F)F)cc2Cl)ccc1[N+](=O)[O-]. The Balaban J connectivity index is 2.30. The van der Waals surface area contributed by atoms with Crippen LogP contribution in [0, 0.1) is 10.1 Å². The van der Waals surface area contributed by atoms with E-state index < -0.39 is 45.3 Å². The zero-order chi connectivity index (χ0) is 27.8. The van der Waals surface area contributed by atoms with Crippen LogP contribution in [0.25, 0.3) is 0 Å². The standard InChI is InChI=1S/C22H20ClF3N2O8S/c1-12(21(30)34-3)37-20(29)11-35-27-17(10-33-2)15-9-14(5-6-18(15)28(31)32)36-19-7-4-13(8-16(19)23)22(24,25)26/h4-9,12H,10-11H2,1-3H3. The maximum atomic E-state index is 12.9. The third-order valence-electron chi connectivity index (χ3n) is 4.44. The molecule has 0 radical (unpaired) electrons. The van der Waals surface area contributed by atoms with Crippen LogP contribution in [0.3, 0.4) is 0 Å². The van der Waals surface area contributed by atoms with Gasteiger partial charge in [0, 0.05) is 13.2 Å². The maximum absolute atomic E-state index is 12.9. The number of hydrogen-bond donors (Lipinski definition) is 0. The minimum atomic E-state index is -4.61. The van der Waals surface area contributed by atoms with E-state index in [2.05, 4.69) is 9.89 Å². The van der Waals surface area contributed by atoms with Crippen LogP contribution in [-0.4, -0.2) is 54.4 Å². The summed E-state index contributed by atoms with van der Waals surface area (Å²) >= 11 is 6.58. The molecule has 0 N–H and O–H groups in total. The van der Waals surface area contributed by atoms with Gasteiger partial charge in [-0.15, -0.1) is 0 Å². The van der Waals surface area contributed by atoms with Crippen LogP contribution >= 0.6 is 23.4 Å². The molecule has 1 atom stereocenters. The molecule has 2 aromatic carbocycles. The molecule has 0 aliphatic heterocycles. The van der Waals surface area contributed by atoms with E-state index in [1.807, 2.05) is 0 Å². The van der Waals surface area contributed by atoms with Gasteiger partial charge in [-0.3, -0.25) is 19.7 Å². The van der Waals surface area contributed by atoms with Crippen LogP contribution in [0.2, 0.25) is 5.02 Å². The summed E-state index contributed by atoms with van der Waals surface area (Å²) in [6.45, 7) is 0.626. The average Bonchev–Trinajstić information content (AvgIpc) is 2.83. The van der Waals surface area contributed by atoms with Crippen LogP contribution in [0.4, 0.5) is 18.9 Å². The van der Waals surface area contributed by atoms with Gasteiger partial charge in [-0.25, -0.2) is 0 Å². The third kappa shape index (κ3) is 8.61. The van der Waals surface area contributed by atoms with E-state index in [9.17, 15) is 32.9 Å². The van der Waals surface area contributed by atoms with Gasteiger partial charge >= 0.3 is 12.1 Å². The first-order valence-corrected chi connectivity index (χ1v) is 11.4. The second-order valence-corrected chi connectivity index (χ2v) is 8.89. The van der Waals surface area contributed by atoms with Gasteiger partial charge in [0.1, 0.15) is 22.5 Å². The lowest BCUT2D eigenvalue weighted by Gasteiger charge is -2.13. The number of alkyl halides is 3. The number of nitrogens with zero attached hydrogens (tertiary/aromatic N) is 2. The molecule has 1 unspecified atom stereocenters. The number of rotatable bonds is 11. The molecule has 0 saturated carbocycles. The van der Waals surface area contributed by atoms with E-state index >= 15 is 0 Å². The molecule has 10 nitrogen and oxygen atoms in total. The van der Waals surface area contributed by atoms with Crippen LogP contribution < -0.4 is 4.74 Å². The van der Waals surface area contributed by atoms with E-state index in [-0.39, 0.29) is 34.4 Å². The van der Waals surface area contributed by atoms with Crippen molar-refractivity contribution in [3.63, 3.8) is 0 Å². The highest BCUT2D eigenvalue weighted by atomic mass is 35.5. The van der Waals surface area contributed by atoms with Crippen LogP contribution in [0.5, 0.6) is 11.5 Å². The van der Waals surface area contributed by atoms with Crippen LogP contribution in [0.15, 0.2) is 41.6 Å². The summed E-state index contributed by atoms with van der Waals surface area (Å²) in [5.74, 6) is -0.745. The number of thioether (sulfide) groups is 1. The van der Waals surface area contributed by atoms with Crippen LogP contribution in [-0.2, 0) is 30.1 Å². The number of esters is 1. The Morgan fingerprint density at radius 3 is 2.43 bits per heavy atom. The molecule has 0 spiro atoms. The normalized spacial score (nSPS) is 12.6. The third-order valence-corrected chi connectivity index (χ3v) is 5.66. The summed E-state index contributed by atoms with van der Waals surface area (Å²) in [4.78, 5) is 39.4. The molecule has 2 rings (SSSR count). The fraction of sp³-hybridized carbons (Fsp3) is 0.318. The van der Waals surface area contributed by atoms with Crippen molar-refractivity contribution in [1.82, 2.24) is 0 Å². The number of nitro benzene ring substituents is 1. The van der Waals surface area contributed by atoms with E-state index in [1.54, 1.807) is 0 Å². The Morgan fingerprint density at radius 1 is 1.16 bits per heavy atom. The van der Waals surface area contributed by atoms with Crippen molar-refractivity contribution < 1.29 is 46.7 Å². The first-order valence-electron chi connectivity index (χ1n) is 10.2. The summed E-state index contributed by atoms with van der Waals surface area (Å²) in [6.07, 6.45) is -4.61. The van der Waals surface area contributed by atoms with Gasteiger partial charge < -0.3 is 19.0 Å². The predicted octanol–water partition coefficient (Wildman–Crippen LogP) is 5.25. The molecule has 0 bridgehead atoms. The van der Waals surface area contributed by atoms with E-state index in [0.29, 0.717) is 17.8 Å². The lowest BCUT2D eigenvalue weighted by molar-refractivity contribution is -0.385. The Labute approximate surface area is 217 Å². The number of oxime groups is 1. The van der Waals surface area contributed by atoms with Gasteiger partial charge in [0.15, 0.2) is 6.61 Å². The van der Waals surface area contributed by atoms with Crippen molar-refractivity contribution in [2.75, 3.05) is 27.4 Å². The molecule has 37 heavy (non-hydrogen) atoms. The molecule has 0 heterocycles. The summed E-state index contributed by atoms with van der Waals surface area (Å²) in [5, 5.41) is 13.7. The van der Waals surface area contributed by atoms with Gasteiger partial charge in [0.25, 0.3) is 5.69 Å². The molecular weight excluding hydrogens is 545 g/mol. The van der Waals surface area contributed by atoms with Gasteiger partial charge in [0.2, 0.25) is 5.12 Å². The number of benzene rings is 2. The second kappa shape index (κ2) is 13.3. The molecule has 0 aromatic heterocycles. The molecule has 0 saturated heterocycles. The number of carbonyl (C=O) groups excluding carboxylic acids is 2. The molecule has 0 aliphatic rings. The lowest BCUT2D eigenvalue weighted by atomic mass is 10.1. The molecule has 2 aromatic rings. The van der Waals surface area contributed by atoms with Gasteiger partial charge in [-0.2, -0.15) is 13.2 Å². The number of halogens is 4. The Bertz CT molecular complexity index is 1190. The largest absolute Gasteiger partial charge is 0.468 e. The highest BCUT2D eigenvalue weighted by molar-refractivity contribution is 8.14. The number of methoxy groups -OCH3 is 2. The highest BCUT2D eigenvalue weighted by Crippen LogP contribution is 2.37. The molecule has 200 valence electrons. The first-order chi connectivity index (χ1) is 17.4. The van der Waals surface area contributed by atoms with Gasteiger partial charge in [-0.05, 0) is 37.3 Å². The maximum Gasteiger partial charge on any atom is 0.416 e. The second-order valence-electron chi connectivity index (χ2n) is 7.08. The zero-order valence-electron chi connectivity index (χ0n) is 19.5. The van der Waals surface area contributed by atoms with E-state index in [1.165, 1.54) is 33.3 Å². The zero-order valence-corrected chi connectivity index (χ0v) is 21.1. The summed E-state index contributed by atoms with van der Waals surface area (Å²) in [6, 6.07) is 5.98. The van der Waals surface area contributed by atoms with Crippen molar-refractivity contribution in [1.29, 1.82) is 0 Å². The smallest absolute Gasteiger partial charge is 0.416 e. The molecule has 0 fully saturated rings. The van der Waals surface area contributed by atoms with Gasteiger partial charge in [0.05, 0.1) is 34.8 Å². The monoisotopic (exact) mass is 564 g/mol. The van der Waals surface area contributed by atoms with Crippen molar-refractivity contribution in [3.05, 3.63) is 62.7 Å². The average molecular weight is 565 g/mol. The van der Waals surface area contributed by atoms with Crippen molar-refractivity contribution >= 4 is 45.8 Å². The van der Waals surface area contributed by atoms with E-state index in [0.717, 1.165) is 18.2 Å². The number of hydrogen-bond acceptors (Lipinski definition) is 10. The van der Waals surface area contributed by atoms with Crippen molar-refractivity contribution in [2.45, 2.75) is 18.3 Å². The van der Waals surface area contributed by atoms with Crippen molar-refractivity contribution in [3.8, 4) is 11.5 Å². The highest BCUT2D eigenvalue weighted by Gasteiger charge is 2.31. The minimum absolute atomic E-state index is 0.00963. The Morgan fingerprint density at radius 2 is 1.86 bits per heavy atom. The number of ether oxygens (including phenoxy) is 3. The Kier molecular flexibility index (Phi) is 10.7. The van der Waals surface area contributed by atoms with Gasteiger partial charge in [-0.1, -0.05) is 28.5 Å². The number of nitro groups is 1. The summed E-state index contributed by atoms with van der Waals surface area (Å²) in [7, 11) is 2.47. The Hall–Kier alpha value is -3.36. The van der Waals surface area contributed by atoms with E-state index in [4.69, 9.17) is 25.9 Å². The van der Waals surface area contributed by atoms with Crippen molar-refractivity contribution in [2.24, 2.45) is 5.16 Å². The molecule has 15 heteroatoms. The topological polar surface area (TPSA) is 127 Å². The van der Waals surface area contributed by atoms with Crippen LogP contribution in [0.1, 0.15) is 18.1 Å². The fourth-order valence-electron chi connectivity index (χ4n) is 2.75.